The molecular weight excluding hydrogens is 297 g/mol. The molecule has 0 aromatic carbocycles. The molecule has 0 aliphatic carbocycles. The van der Waals surface area contributed by atoms with E-state index in [-0.39, 0.29) is 36.1 Å². The Morgan fingerprint density at radius 2 is 1.75 bits per heavy atom. The van der Waals surface area contributed by atoms with Crippen LogP contribution in [0, 0.1) is 11.3 Å². The van der Waals surface area contributed by atoms with E-state index in [0.717, 1.165) is 32.5 Å². The minimum atomic E-state index is -0.356. The second kappa shape index (κ2) is 10.7. The summed E-state index contributed by atoms with van der Waals surface area (Å²) in [6.45, 7) is 7.64. The van der Waals surface area contributed by atoms with Crippen molar-refractivity contribution in [1.29, 1.82) is 0 Å². The number of rotatable bonds is 6. The van der Waals surface area contributed by atoms with Crippen LogP contribution < -0.4 is 11.1 Å². The molecule has 0 radical (unpaired) electrons. The molecule has 3 N–H and O–H groups in total. The number of likely N-dealkylation sites (tertiary alicyclic amines) is 1. The summed E-state index contributed by atoms with van der Waals surface area (Å²) in [4.78, 5) is 14.6. The maximum absolute atomic E-state index is 12.3. The fourth-order valence-corrected chi connectivity index (χ4v) is 2.64. The van der Waals surface area contributed by atoms with E-state index in [1.165, 1.54) is 12.8 Å². The van der Waals surface area contributed by atoms with Crippen molar-refractivity contribution in [3.8, 4) is 0 Å². The first-order chi connectivity index (χ1) is 8.57. The lowest BCUT2D eigenvalue weighted by Crippen LogP contribution is -2.47. The van der Waals surface area contributed by atoms with E-state index in [1.54, 1.807) is 0 Å². The topological polar surface area (TPSA) is 58.4 Å². The van der Waals surface area contributed by atoms with Gasteiger partial charge in [0.2, 0.25) is 5.91 Å². The number of hydrogen-bond acceptors (Lipinski definition) is 3. The van der Waals surface area contributed by atoms with Crippen molar-refractivity contribution >= 4 is 30.7 Å². The standard InChI is InChI=1S/C14H29N3O.2ClH/c1-4-14(5-2,11-15)13(18)16-10-12-6-8-17(3)9-7-12;;/h12H,4-11,15H2,1-3H3,(H,16,18);2*1H. The number of amides is 1. The number of carbonyl (C=O) groups excluding carboxylic acids is 1. The van der Waals surface area contributed by atoms with E-state index in [9.17, 15) is 4.79 Å². The van der Waals surface area contributed by atoms with Gasteiger partial charge in [0.1, 0.15) is 0 Å². The van der Waals surface area contributed by atoms with E-state index in [0.29, 0.717) is 12.5 Å². The monoisotopic (exact) mass is 327 g/mol. The number of halogens is 2. The van der Waals surface area contributed by atoms with Crippen LogP contribution in [-0.2, 0) is 4.79 Å². The summed E-state index contributed by atoms with van der Waals surface area (Å²) in [6.07, 6.45) is 4.01. The Hall–Kier alpha value is -0.0300. The van der Waals surface area contributed by atoms with Crippen LogP contribution in [0.25, 0.3) is 0 Å². The van der Waals surface area contributed by atoms with Crippen molar-refractivity contribution in [1.82, 2.24) is 10.2 Å². The quantitative estimate of drug-likeness (QED) is 0.785. The van der Waals surface area contributed by atoms with Gasteiger partial charge < -0.3 is 16.0 Å². The summed E-state index contributed by atoms with van der Waals surface area (Å²) < 4.78 is 0. The van der Waals surface area contributed by atoms with Gasteiger partial charge in [-0.1, -0.05) is 13.8 Å². The van der Waals surface area contributed by atoms with Crippen LogP contribution in [0.3, 0.4) is 0 Å². The molecule has 0 aromatic rings. The van der Waals surface area contributed by atoms with Crippen LogP contribution in [0.1, 0.15) is 39.5 Å². The normalized spacial score (nSPS) is 17.0. The molecule has 0 aromatic heterocycles. The Labute approximate surface area is 136 Å². The summed E-state index contributed by atoms with van der Waals surface area (Å²) in [5.41, 5.74) is 5.43. The van der Waals surface area contributed by atoms with E-state index < -0.39 is 0 Å². The SMILES string of the molecule is CCC(CC)(CN)C(=O)NCC1CCN(C)CC1.Cl.Cl. The van der Waals surface area contributed by atoms with Crippen LogP contribution in [0.4, 0.5) is 0 Å². The van der Waals surface area contributed by atoms with Crippen molar-refractivity contribution < 1.29 is 4.79 Å². The maximum Gasteiger partial charge on any atom is 0.227 e. The first-order valence-corrected chi connectivity index (χ1v) is 7.25. The zero-order valence-electron chi connectivity index (χ0n) is 13.0. The third kappa shape index (κ3) is 5.76. The lowest BCUT2D eigenvalue weighted by Gasteiger charge is -2.32. The van der Waals surface area contributed by atoms with Gasteiger partial charge in [0.25, 0.3) is 0 Å². The Bertz CT molecular complexity index is 257. The van der Waals surface area contributed by atoms with Gasteiger partial charge in [-0.3, -0.25) is 4.79 Å². The van der Waals surface area contributed by atoms with Gasteiger partial charge in [0, 0.05) is 13.1 Å². The smallest absolute Gasteiger partial charge is 0.227 e. The molecule has 1 fully saturated rings. The average Bonchev–Trinajstić information content (AvgIpc) is 2.41. The Balaban J connectivity index is 0. The van der Waals surface area contributed by atoms with Gasteiger partial charge in [-0.25, -0.2) is 0 Å². The molecule has 0 saturated carbocycles. The lowest BCUT2D eigenvalue weighted by atomic mass is 9.81. The van der Waals surface area contributed by atoms with Crippen molar-refractivity contribution in [3.63, 3.8) is 0 Å². The predicted octanol–water partition coefficient (Wildman–Crippen LogP) is 2.05. The molecule has 4 nitrogen and oxygen atoms in total. The average molecular weight is 328 g/mol. The fourth-order valence-electron chi connectivity index (χ4n) is 2.64. The molecule has 0 bridgehead atoms. The molecule has 1 rings (SSSR count). The Kier molecular flexibility index (Phi) is 11.9. The number of hydrogen-bond donors (Lipinski definition) is 2. The zero-order chi connectivity index (χ0) is 13.6. The van der Waals surface area contributed by atoms with E-state index >= 15 is 0 Å². The van der Waals surface area contributed by atoms with Crippen LogP contribution in [0.2, 0.25) is 0 Å². The number of nitrogens with two attached hydrogens (primary N) is 1. The fraction of sp³-hybridized carbons (Fsp3) is 0.929. The van der Waals surface area contributed by atoms with Gasteiger partial charge >= 0.3 is 0 Å². The third-order valence-electron chi connectivity index (χ3n) is 4.62. The summed E-state index contributed by atoms with van der Waals surface area (Å²) in [6, 6.07) is 0. The highest BCUT2D eigenvalue weighted by Crippen LogP contribution is 2.25. The van der Waals surface area contributed by atoms with Gasteiger partial charge in [-0.15, -0.1) is 24.8 Å². The molecule has 0 spiro atoms. The highest BCUT2D eigenvalue weighted by Gasteiger charge is 2.33. The minimum absolute atomic E-state index is 0. The van der Waals surface area contributed by atoms with Crippen molar-refractivity contribution in [2.45, 2.75) is 39.5 Å². The lowest BCUT2D eigenvalue weighted by molar-refractivity contribution is -0.131. The van der Waals surface area contributed by atoms with Gasteiger partial charge in [-0.05, 0) is 51.7 Å². The van der Waals surface area contributed by atoms with Crippen molar-refractivity contribution in [2.75, 3.05) is 33.2 Å². The number of nitrogens with one attached hydrogen (secondary N) is 1. The summed E-state index contributed by atoms with van der Waals surface area (Å²) >= 11 is 0. The first kappa shape index (κ1) is 22.3. The van der Waals surface area contributed by atoms with Crippen LogP contribution in [0.15, 0.2) is 0 Å². The molecule has 6 heteroatoms. The van der Waals surface area contributed by atoms with Crippen molar-refractivity contribution in [2.24, 2.45) is 17.1 Å². The maximum atomic E-state index is 12.3. The summed E-state index contributed by atoms with van der Waals surface area (Å²) in [7, 11) is 2.16. The molecule has 1 amide bonds. The van der Waals surface area contributed by atoms with E-state index in [4.69, 9.17) is 5.73 Å². The van der Waals surface area contributed by atoms with Crippen molar-refractivity contribution in [3.05, 3.63) is 0 Å². The molecule has 0 atom stereocenters. The highest BCUT2D eigenvalue weighted by molar-refractivity contribution is 5.85. The largest absolute Gasteiger partial charge is 0.355 e. The molecule has 0 unspecified atom stereocenters. The highest BCUT2D eigenvalue weighted by atomic mass is 35.5. The molecular formula is C14H31Cl2N3O. The molecule has 1 aliphatic heterocycles. The van der Waals surface area contributed by atoms with Crippen LogP contribution in [0.5, 0.6) is 0 Å². The van der Waals surface area contributed by atoms with Gasteiger partial charge in [0.05, 0.1) is 5.41 Å². The molecule has 1 heterocycles. The molecule has 20 heavy (non-hydrogen) atoms. The van der Waals surface area contributed by atoms with Crippen LogP contribution in [-0.4, -0.2) is 44.0 Å². The van der Waals surface area contributed by atoms with E-state index in [2.05, 4.69) is 17.3 Å². The van der Waals surface area contributed by atoms with Crippen LogP contribution >= 0.6 is 24.8 Å². The Morgan fingerprint density at radius 3 is 2.15 bits per heavy atom. The molecule has 1 saturated heterocycles. The van der Waals surface area contributed by atoms with E-state index in [1.807, 2.05) is 13.8 Å². The van der Waals surface area contributed by atoms with Gasteiger partial charge in [-0.2, -0.15) is 0 Å². The third-order valence-corrected chi connectivity index (χ3v) is 4.62. The number of piperidine rings is 1. The second-order valence-electron chi connectivity index (χ2n) is 5.65. The minimum Gasteiger partial charge on any atom is -0.355 e. The second-order valence-corrected chi connectivity index (χ2v) is 5.65. The summed E-state index contributed by atoms with van der Waals surface area (Å²) in [5.74, 6) is 0.781. The molecule has 122 valence electrons. The molecule has 1 aliphatic rings. The summed E-state index contributed by atoms with van der Waals surface area (Å²) in [5, 5.41) is 3.12. The zero-order valence-corrected chi connectivity index (χ0v) is 14.6. The predicted molar refractivity (Wildman–Crippen MR) is 89.8 cm³/mol. The Morgan fingerprint density at radius 1 is 1.25 bits per heavy atom. The van der Waals surface area contributed by atoms with Gasteiger partial charge in [0.15, 0.2) is 0 Å². The number of carbonyl (C=O) groups is 1. The first-order valence-electron chi connectivity index (χ1n) is 7.25. The number of nitrogens with zero attached hydrogens (tertiary/aromatic N) is 1.